The average Bonchev–Trinajstić information content (AvgIpc) is 2.95. The van der Waals surface area contributed by atoms with E-state index >= 15 is 0 Å². The van der Waals surface area contributed by atoms with Crippen LogP contribution in [0.4, 0.5) is 5.88 Å². The maximum Gasteiger partial charge on any atom is 0.433 e. The first-order valence-corrected chi connectivity index (χ1v) is 6.39. The van der Waals surface area contributed by atoms with Crippen LogP contribution in [0.15, 0.2) is 46.9 Å². The van der Waals surface area contributed by atoms with Crippen LogP contribution in [0.25, 0.3) is 0 Å². The maximum atomic E-state index is 11.6. The van der Waals surface area contributed by atoms with E-state index in [2.05, 4.69) is 10.6 Å². The standard InChI is InChI=1S/C14H15N3O4/c18-13(16-8-11-4-2-1-3-5-11)10-15-9-12-6-7-14(21-12)17(19)20/h1-7,15H,8-10H2,(H,16,18). The highest BCUT2D eigenvalue weighted by molar-refractivity contribution is 5.77. The third-order valence-corrected chi connectivity index (χ3v) is 2.74. The molecule has 21 heavy (non-hydrogen) atoms. The first-order valence-electron chi connectivity index (χ1n) is 6.39. The molecule has 0 fully saturated rings. The second-order valence-corrected chi connectivity index (χ2v) is 4.36. The number of hydrogen-bond donors (Lipinski definition) is 2. The van der Waals surface area contributed by atoms with Crippen molar-refractivity contribution in [1.29, 1.82) is 0 Å². The summed E-state index contributed by atoms with van der Waals surface area (Å²) in [6.07, 6.45) is 0. The first kappa shape index (κ1) is 14.7. The summed E-state index contributed by atoms with van der Waals surface area (Å²) < 4.78 is 4.96. The molecule has 0 aliphatic heterocycles. The number of amides is 1. The van der Waals surface area contributed by atoms with Gasteiger partial charge in [-0.05, 0) is 11.6 Å². The Morgan fingerprint density at radius 1 is 1.14 bits per heavy atom. The van der Waals surface area contributed by atoms with Crippen LogP contribution in [0.3, 0.4) is 0 Å². The number of benzene rings is 1. The molecule has 1 amide bonds. The molecule has 2 aromatic rings. The minimum absolute atomic E-state index is 0.112. The second-order valence-electron chi connectivity index (χ2n) is 4.36. The molecule has 2 rings (SSSR count). The Morgan fingerprint density at radius 3 is 2.57 bits per heavy atom. The molecular formula is C14H15N3O4. The number of carbonyl (C=O) groups is 1. The molecule has 7 nitrogen and oxygen atoms in total. The van der Waals surface area contributed by atoms with Gasteiger partial charge in [-0.3, -0.25) is 14.9 Å². The highest BCUT2D eigenvalue weighted by Gasteiger charge is 2.11. The number of hydrogen-bond acceptors (Lipinski definition) is 5. The van der Waals surface area contributed by atoms with E-state index in [1.807, 2.05) is 30.3 Å². The highest BCUT2D eigenvalue weighted by atomic mass is 16.6. The van der Waals surface area contributed by atoms with Crippen molar-refractivity contribution in [2.24, 2.45) is 0 Å². The SMILES string of the molecule is O=C(CNCc1ccc([N+](=O)[O-])o1)NCc1ccccc1. The van der Waals surface area contributed by atoms with Gasteiger partial charge in [0.1, 0.15) is 10.7 Å². The Hall–Kier alpha value is -2.67. The van der Waals surface area contributed by atoms with E-state index in [0.717, 1.165) is 5.56 Å². The van der Waals surface area contributed by atoms with Crippen LogP contribution in [-0.2, 0) is 17.9 Å². The Labute approximate surface area is 121 Å². The molecule has 0 aliphatic carbocycles. The van der Waals surface area contributed by atoms with Gasteiger partial charge in [0.15, 0.2) is 0 Å². The molecule has 0 unspecified atom stereocenters. The number of carbonyl (C=O) groups excluding carboxylic acids is 1. The molecule has 0 atom stereocenters. The van der Waals surface area contributed by atoms with Crippen molar-refractivity contribution in [3.63, 3.8) is 0 Å². The van der Waals surface area contributed by atoms with Crippen LogP contribution in [0.1, 0.15) is 11.3 Å². The Morgan fingerprint density at radius 2 is 1.90 bits per heavy atom. The summed E-state index contributed by atoms with van der Waals surface area (Å²) >= 11 is 0. The lowest BCUT2D eigenvalue weighted by Crippen LogP contribution is -2.33. The minimum Gasteiger partial charge on any atom is -0.404 e. The van der Waals surface area contributed by atoms with Crippen molar-refractivity contribution in [2.45, 2.75) is 13.1 Å². The largest absolute Gasteiger partial charge is 0.433 e. The third kappa shape index (κ3) is 4.73. The van der Waals surface area contributed by atoms with E-state index in [-0.39, 0.29) is 24.9 Å². The van der Waals surface area contributed by atoms with E-state index in [9.17, 15) is 14.9 Å². The van der Waals surface area contributed by atoms with Crippen molar-refractivity contribution in [2.75, 3.05) is 6.54 Å². The van der Waals surface area contributed by atoms with Gasteiger partial charge in [-0.1, -0.05) is 30.3 Å². The van der Waals surface area contributed by atoms with Crippen molar-refractivity contribution in [1.82, 2.24) is 10.6 Å². The van der Waals surface area contributed by atoms with Gasteiger partial charge in [-0.25, -0.2) is 0 Å². The molecular weight excluding hydrogens is 274 g/mol. The number of nitrogens with zero attached hydrogens (tertiary/aromatic N) is 1. The molecule has 1 aromatic heterocycles. The first-order chi connectivity index (χ1) is 10.1. The predicted molar refractivity (Wildman–Crippen MR) is 75.4 cm³/mol. The lowest BCUT2D eigenvalue weighted by Gasteiger charge is -2.05. The lowest BCUT2D eigenvalue weighted by molar-refractivity contribution is -0.402. The van der Waals surface area contributed by atoms with Gasteiger partial charge >= 0.3 is 5.88 Å². The van der Waals surface area contributed by atoms with Crippen LogP contribution in [0, 0.1) is 10.1 Å². The molecule has 0 radical (unpaired) electrons. The van der Waals surface area contributed by atoms with Gasteiger partial charge in [0.05, 0.1) is 19.2 Å². The zero-order valence-electron chi connectivity index (χ0n) is 11.2. The second kappa shape index (κ2) is 7.20. The van der Waals surface area contributed by atoms with E-state index in [1.54, 1.807) is 0 Å². The lowest BCUT2D eigenvalue weighted by atomic mass is 10.2. The maximum absolute atomic E-state index is 11.6. The van der Waals surface area contributed by atoms with Crippen molar-refractivity contribution in [3.8, 4) is 0 Å². The van der Waals surface area contributed by atoms with Gasteiger partial charge in [-0.2, -0.15) is 0 Å². The fourth-order valence-electron chi connectivity index (χ4n) is 1.72. The van der Waals surface area contributed by atoms with Crippen LogP contribution >= 0.6 is 0 Å². The summed E-state index contributed by atoms with van der Waals surface area (Å²) in [5.74, 6) is -0.0437. The molecule has 0 bridgehead atoms. The molecule has 0 aliphatic rings. The van der Waals surface area contributed by atoms with Crippen LogP contribution < -0.4 is 10.6 Å². The summed E-state index contributed by atoms with van der Waals surface area (Å²) in [5.41, 5.74) is 1.02. The summed E-state index contributed by atoms with van der Waals surface area (Å²) in [5, 5.41) is 16.1. The number of nitro groups is 1. The highest BCUT2D eigenvalue weighted by Crippen LogP contribution is 2.14. The van der Waals surface area contributed by atoms with E-state index in [0.29, 0.717) is 12.3 Å². The van der Waals surface area contributed by atoms with Crippen LogP contribution in [0.2, 0.25) is 0 Å². The summed E-state index contributed by atoms with van der Waals surface area (Å²) in [7, 11) is 0. The van der Waals surface area contributed by atoms with Gasteiger partial charge in [0.2, 0.25) is 5.91 Å². The zero-order valence-corrected chi connectivity index (χ0v) is 11.2. The van der Waals surface area contributed by atoms with Crippen molar-refractivity contribution >= 4 is 11.8 Å². The Balaban J connectivity index is 1.68. The van der Waals surface area contributed by atoms with Gasteiger partial charge in [0.25, 0.3) is 0 Å². The Kier molecular flexibility index (Phi) is 5.05. The molecule has 7 heteroatoms. The van der Waals surface area contributed by atoms with E-state index < -0.39 is 4.92 Å². The van der Waals surface area contributed by atoms with Crippen LogP contribution in [-0.4, -0.2) is 17.4 Å². The average molecular weight is 289 g/mol. The van der Waals surface area contributed by atoms with Gasteiger partial charge in [0, 0.05) is 6.54 Å². The number of rotatable bonds is 7. The quantitative estimate of drug-likeness (QED) is 0.596. The summed E-state index contributed by atoms with van der Waals surface area (Å²) in [6, 6.07) is 12.4. The molecule has 1 aromatic carbocycles. The zero-order chi connectivity index (χ0) is 15.1. The van der Waals surface area contributed by atoms with E-state index in [4.69, 9.17) is 4.42 Å². The molecule has 1 heterocycles. The molecule has 0 saturated carbocycles. The normalized spacial score (nSPS) is 10.3. The monoisotopic (exact) mass is 289 g/mol. The Bertz CT molecular complexity index is 610. The third-order valence-electron chi connectivity index (χ3n) is 2.74. The molecule has 110 valence electrons. The summed E-state index contributed by atoms with van der Waals surface area (Å²) in [4.78, 5) is 21.4. The van der Waals surface area contributed by atoms with E-state index in [1.165, 1.54) is 12.1 Å². The molecule has 0 saturated heterocycles. The van der Waals surface area contributed by atoms with Gasteiger partial charge in [-0.15, -0.1) is 0 Å². The molecule has 0 spiro atoms. The topological polar surface area (TPSA) is 97.4 Å². The number of nitrogens with one attached hydrogen (secondary N) is 2. The fraction of sp³-hybridized carbons (Fsp3) is 0.214. The van der Waals surface area contributed by atoms with Crippen molar-refractivity contribution in [3.05, 3.63) is 63.9 Å². The van der Waals surface area contributed by atoms with Crippen molar-refractivity contribution < 1.29 is 14.1 Å². The fourth-order valence-corrected chi connectivity index (χ4v) is 1.72. The number of furan rings is 1. The molecule has 2 N–H and O–H groups in total. The van der Waals surface area contributed by atoms with Gasteiger partial charge < -0.3 is 15.1 Å². The smallest absolute Gasteiger partial charge is 0.404 e. The predicted octanol–water partition coefficient (Wildman–Crippen LogP) is 1.59. The van der Waals surface area contributed by atoms with Crippen LogP contribution in [0.5, 0.6) is 0 Å². The summed E-state index contributed by atoms with van der Waals surface area (Å²) in [6.45, 7) is 0.835. The minimum atomic E-state index is -0.601.